The number of carbonyl (C=O) groups excluding carboxylic acids is 2. The van der Waals surface area contributed by atoms with Crippen LogP contribution in [0.15, 0.2) is 24.3 Å². The minimum atomic E-state index is -1.26. The van der Waals surface area contributed by atoms with Crippen LogP contribution in [-0.2, 0) is 14.3 Å². The monoisotopic (exact) mass is 308 g/mol. The quantitative estimate of drug-likeness (QED) is 0.819. The van der Waals surface area contributed by atoms with Gasteiger partial charge in [-0.25, -0.2) is 4.39 Å². The van der Waals surface area contributed by atoms with Gasteiger partial charge in [0.05, 0.1) is 6.10 Å². The molecule has 1 saturated heterocycles. The van der Waals surface area contributed by atoms with E-state index < -0.39 is 17.1 Å². The molecule has 0 aliphatic carbocycles. The Balaban J connectivity index is 1.92. The van der Waals surface area contributed by atoms with Gasteiger partial charge in [0.15, 0.2) is 0 Å². The molecule has 0 bridgehead atoms. The molecule has 6 heteroatoms. The lowest BCUT2D eigenvalue weighted by Crippen LogP contribution is -2.47. The molecule has 1 aromatic rings. The Labute approximate surface area is 129 Å². The number of ether oxygens (including phenoxy) is 1. The number of carbonyl (C=O) groups is 2. The van der Waals surface area contributed by atoms with Gasteiger partial charge >= 0.3 is 0 Å². The molecular weight excluding hydrogens is 287 g/mol. The van der Waals surface area contributed by atoms with Gasteiger partial charge < -0.3 is 15.4 Å². The van der Waals surface area contributed by atoms with Crippen molar-refractivity contribution in [3.05, 3.63) is 30.1 Å². The van der Waals surface area contributed by atoms with Gasteiger partial charge in [-0.15, -0.1) is 0 Å². The number of hydrogen-bond acceptors (Lipinski definition) is 3. The van der Waals surface area contributed by atoms with Crippen molar-refractivity contribution in [2.75, 3.05) is 18.5 Å². The third kappa shape index (κ3) is 4.04. The van der Waals surface area contributed by atoms with Crippen molar-refractivity contribution in [1.29, 1.82) is 0 Å². The first-order chi connectivity index (χ1) is 10.4. The van der Waals surface area contributed by atoms with Crippen molar-refractivity contribution in [2.24, 2.45) is 5.41 Å². The van der Waals surface area contributed by atoms with Crippen LogP contribution >= 0.6 is 0 Å². The molecule has 120 valence electrons. The molecule has 1 heterocycles. The average molecular weight is 308 g/mol. The lowest BCUT2D eigenvalue weighted by Gasteiger charge is -2.23. The summed E-state index contributed by atoms with van der Waals surface area (Å²) in [7, 11) is 0. The number of amides is 2. The Morgan fingerprint density at radius 1 is 1.36 bits per heavy atom. The Morgan fingerprint density at radius 3 is 2.77 bits per heavy atom. The van der Waals surface area contributed by atoms with Crippen molar-refractivity contribution in [1.82, 2.24) is 5.32 Å². The van der Waals surface area contributed by atoms with Gasteiger partial charge in [0.1, 0.15) is 11.2 Å². The normalized spacial score (nSPS) is 18.0. The first kappa shape index (κ1) is 16.4. The van der Waals surface area contributed by atoms with E-state index in [1.54, 1.807) is 6.07 Å². The topological polar surface area (TPSA) is 67.4 Å². The first-order valence-corrected chi connectivity index (χ1v) is 7.36. The number of benzene rings is 1. The first-order valence-electron chi connectivity index (χ1n) is 7.36. The van der Waals surface area contributed by atoms with E-state index in [4.69, 9.17) is 4.74 Å². The maximum Gasteiger partial charge on any atom is 0.239 e. The molecule has 5 nitrogen and oxygen atoms in total. The highest BCUT2D eigenvalue weighted by Gasteiger charge is 2.36. The maximum absolute atomic E-state index is 13.1. The third-order valence-electron chi connectivity index (χ3n) is 3.73. The van der Waals surface area contributed by atoms with E-state index in [2.05, 4.69) is 10.6 Å². The van der Waals surface area contributed by atoms with E-state index >= 15 is 0 Å². The van der Waals surface area contributed by atoms with Crippen LogP contribution < -0.4 is 10.6 Å². The molecule has 0 radical (unpaired) electrons. The summed E-state index contributed by atoms with van der Waals surface area (Å²) in [6.45, 7) is 4.18. The van der Waals surface area contributed by atoms with Crippen LogP contribution in [0.4, 0.5) is 10.1 Å². The second-order valence-electron chi connectivity index (χ2n) is 5.93. The lowest BCUT2D eigenvalue weighted by molar-refractivity contribution is -0.138. The third-order valence-corrected chi connectivity index (χ3v) is 3.73. The number of halogens is 1. The maximum atomic E-state index is 13.1. The fourth-order valence-corrected chi connectivity index (χ4v) is 2.19. The molecule has 2 amide bonds. The van der Waals surface area contributed by atoms with Crippen LogP contribution in [-0.4, -0.2) is 31.1 Å². The van der Waals surface area contributed by atoms with E-state index in [0.717, 1.165) is 12.8 Å². The highest BCUT2D eigenvalue weighted by atomic mass is 19.1. The molecule has 1 fully saturated rings. The molecule has 22 heavy (non-hydrogen) atoms. The standard InChI is InChI=1S/C16H21FN2O3/c1-16(2,14(20)18-10-13-7-4-8-22-13)15(21)19-12-6-3-5-11(17)9-12/h3,5-6,9,13H,4,7-8,10H2,1-2H3,(H,18,20)(H,19,21). The molecule has 0 saturated carbocycles. The fourth-order valence-electron chi connectivity index (χ4n) is 2.19. The summed E-state index contributed by atoms with van der Waals surface area (Å²) < 4.78 is 18.6. The van der Waals surface area contributed by atoms with Gasteiger partial charge in [-0.05, 0) is 44.9 Å². The van der Waals surface area contributed by atoms with Crippen LogP contribution in [0.5, 0.6) is 0 Å². The van der Waals surface area contributed by atoms with Crippen LogP contribution in [0, 0.1) is 11.2 Å². The SMILES string of the molecule is CC(C)(C(=O)NCC1CCCO1)C(=O)Nc1cccc(F)c1. The average Bonchev–Trinajstić information content (AvgIpc) is 2.97. The smallest absolute Gasteiger partial charge is 0.239 e. The molecule has 1 unspecified atom stereocenters. The molecule has 2 rings (SSSR count). The molecule has 2 N–H and O–H groups in total. The largest absolute Gasteiger partial charge is 0.376 e. The van der Waals surface area contributed by atoms with E-state index in [0.29, 0.717) is 18.8 Å². The summed E-state index contributed by atoms with van der Waals surface area (Å²) in [5, 5.41) is 5.30. The van der Waals surface area contributed by atoms with Gasteiger partial charge in [0.2, 0.25) is 11.8 Å². The molecule has 1 atom stereocenters. The second-order valence-corrected chi connectivity index (χ2v) is 5.93. The zero-order valence-electron chi connectivity index (χ0n) is 12.8. The lowest BCUT2D eigenvalue weighted by atomic mass is 9.91. The van der Waals surface area contributed by atoms with Crippen LogP contribution in [0.3, 0.4) is 0 Å². The molecule has 0 aromatic heterocycles. The predicted molar refractivity (Wildman–Crippen MR) is 80.8 cm³/mol. The summed E-state index contributed by atoms with van der Waals surface area (Å²) >= 11 is 0. The molecule has 1 aromatic carbocycles. The van der Waals surface area contributed by atoms with Crippen LogP contribution in [0.25, 0.3) is 0 Å². The van der Waals surface area contributed by atoms with Gasteiger partial charge in [-0.2, -0.15) is 0 Å². The van der Waals surface area contributed by atoms with Crippen molar-refractivity contribution >= 4 is 17.5 Å². The number of hydrogen-bond donors (Lipinski definition) is 2. The van der Waals surface area contributed by atoms with E-state index in [1.807, 2.05) is 0 Å². The minimum absolute atomic E-state index is 0.0195. The number of rotatable bonds is 5. The van der Waals surface area contributed by atoms with Gasteiger partial charge in [0, 0.05) is 18.8 Å². The second kappa shape index (κ2) is 6.87. The summed E-state index contributed by atoms with van der Waals surface area (Å²) in [5.41, 5.74) is -0.935. The Morgan fingerprint density at radius 2 is 2.14 bits per heavy atom. The van der Waals surface area contributed by atoms with Crippen LogP contribution in [0.2, 0.25) is 0 Å². The Hall–Kier alpha value is -1.95. The summed E-state index contributed by atoms with van der Waals surface area (Å²) in [6, 6.07) is 5.56. The highest BCUT2D eigenvalue weighted by Crippen LogP contribution is 2.20. The van der Waals surface area contributed by atoms with Gasteiger partial charge in [-0.3, -0.25) is 9.59 Å². The molecule has 1 aliphatic heterocycles. The number of nitrogens with one attached hydrogen (secondary N) is 2. The van der Waals surface area contributed by atoms with Crippen LogP contribution in [0.1, 0.15) is 26.7 Å². The minimum Gasteiger partial charge on any atom is -0.376 e. The van der Waals surface area contributed by atoms with Crippen molar-refractivity contribution in [2.45, 2.75) is 32.8 Å². The summed E-state index contributed by atoms with van der Waals surface area (Å²) in [4.78, 5) is 24.5. The van der Waals surface area contributed by atoms with E-state index in [-0.39, 0.29) is 12.0 Å². The van der Waals surface area contributed by atoms with E-state index in [9.17, 15) is 14.0 Å². The molecular formula is C16H21FN2O3. The van der Waals surface area contributed by atoms with Gasteiger partial charge in [0.25, 0.3) is 0 Å². The van der Waals surface area contributed by atoms with Crippen molar-refractivity contribution in [3.63, 3.8) is 0 Å². The predicted octanol–water partition coefficient (Wildman–Crippen LogP) is 2.09. The van der Waals surface area contributed by atoms with Crippen molar-refractivity contribution < 1.29 is 18.7 Å². The summed E-state index contributed by atoms with van der Waals surface area (Å²) in [6.07, 6.45) is 1.92. The Kier molecular flexibility index (Phi) is 5.13. The molecule has 0 spiro atoms. The van der Waals surface area contributed by atoms with Gasteiger partial charge in [-0.1, -0.05) is 6.07 Å². The fraction of sp³-hybridized carbons (Fsp3) is 0.500. The van der Waals surface area contributed by atoms with E-state index in [1.165, 1.54) is 32.0 Å². The zero-order chi connectivity index (χ0) is 16.2. The zero-order valence-corrected chi connectivity index (χ0v) is 12.8. The summed E-state index contributed by atoms with van der Waals surface area (Å²) in [5.74, 6) is -1.31. The number of anilines is 1. The molecule has 1 aliphatic rings. The highest BCUT2D eigenvalue weighted by molar-refractivity contribution is 6.09. The van der Waals surface area contributed by atoms with Crippen molar-refractivity contribution in [3.8, 4) is 0 Å². The Bertz CT molecular complexity index is 554.